The molecule has 0 bridgehead atoms. The molecule has 0 aromatic carbocycles. The number of amides is 1. The number of hydrogen-bond acceptors (Lipinski definition) is 2. The fraction of sp³-hybridized carbons (Fsp3) is 0.923. The zero-order valence-corrected chi connectivity index (χ0v) is 10.9. The van der Waals surface area contributed by atoms with Crippen LogP contribution in [0.15, 0.2) is 0 Å². The second-order valence-corrected chi connectivity index (χ2v) is 5.46. The van der Waals surface area contributed by atoms with Crippen molar-refractivity contribution in [2.24, 2.45) is 5.92 Å². The van der Waals surface area contributed by atoms with E-state index in [9.17, 15) is 4.79 Å². The van der Waals surface area contributed by atoms with E-state index < -0.39 is 0 Å². The van der Waals surface area contributed by atoms with Crippen LogP contribution in [0.5, 0.6) is 0 Å². The van der Waals surface area contributed by atoms with Crippen molar-refractivity contribution in [3.63, 3.8) is 0 Å². The summed E-state index contributed by atoms with van der Waals surface area (Å²) in [5, 5.41) is 6.36. The SMILES string of the molecule is CC(C)CC(C)NCC(=O)NC1CCCC1. The highest BCUT2D eigenvalue weighted by molar-refractivity contribution is 5.78. The molecule has 94 valence electrons. The molecule has 1 saturated carbocycles. The van der Waals surface area contributed by atoms with E-state index in [1.54, 1.807) is 0 Å². The smallest absolute Gasteiger partial charge is 0.234 e. The van der Waals surface area contributed by atoms with E-state index in [2.05, 4.69) is 31.4 Å². The predicted octanol–water partition coefficient (Wildman–Crippen LogP) is 2.07. The molecule has 0 aromatic heterocycles. The van der Waals surface area contributed by atoms with Gasteiger partial charge in [0.1, 0.15) is 0 Å². The molecule has 1 aliphatic carbocycles. The van der Waals surface area contributed by atoms with E-state index in [1.807, 2.05) is 0 Å². The van der Waals surface area contributed by atoms with Crippen LogP contribution in [0.2, 0.25) is 0 Å². The minimum absolute atomic E-state index is 0.155. The van der Waals surface area contributed by atoms with Gasteiger partial charge in [-0.05, 0) is 32.1 Å². The van der Waals surface area contributed by atoms with Crippen LogP contribution in [-0.4, -0.2) is 24.5 Å². The maximum atomic E-state index is 11.6. The number of rotatable bonds is 6. The molecule has 3 heteroatoms. The Morgan fingerprint density at radius 1 is 1.25 bits per heavy atom. The Hall–Kier alpha value is -0.570. The molecule has 16 heavy (non-hydrogen) atoms. The molecule has 0 heterocycles. The van der Waals surface area contributed by atoms with E-state index in [0.29, 0.717) is 24.5 Å². The Bertz CT molecular complexity index is 210. The maximum absolute atomic E-state index is 11.6. The maximum Gasteiger partial charge on any atom is 0.234 e. The molecule has 1 rings (SSSR count). The lowest BCUT2D eigenvalue weighted by Gasteiger charge is -2.17. The lowest BCUT2D eigenvalue weighted by Crippen LogP contribution is -2.41. The Morgan fingerprint density at radius 3 is 2.44 bits per heavy atom. The lowest BCUT2D eigenvalue weighted by molar-refractivity contribution is -0.121. The van der Waals surface area contributed by atoms with Gasteiger partial charge in [0.05, 0.1) is 6.54 Å². The molecule has 3 nitrogen and oxygen atoms in total. The van der Waals surface area contributed by atoms with Gasteiger partial charge in [0, 0.05) is 12.1 Å². The standard InChI is InChI=1S/C13H26N2O/c1-10(2)8-11(3)14-9-13(16)15-12-6-4-5-7-12/h10-12,14H,4-9H2,1-3H3,(H,15,16). The van der Waals surface area contributed by atoms with E-state index in [1.165, 1.54) is 12.8 Å². The molecule has 1 atom stereocenters. The van der Waals surface area contributed by atoms with Gasteiger partial charge in [-0.3, -0.25) is 4.79 Å². The highest BCUT2D eigenvalue weighted by atomic mass is 16.1. The summed E-state index contributed by atoms with van der Waals surface area (Å²) in [6.45, 7) is 7.01. The van der Waals surface area contributed by atoms with Gasteiger partial charge in [-0.25, -0.2) is 0 Å². The van der Waals surface area contributed by atoms with E-state index in [-0.39, 0.29) is 5.91 Å². The van der Waals surface area contributed by atoms with Gasteiger partial charge in [-0.15, -0.1) is 0 Å². The van der Waals surface area contributed by atoms with Gasteiger partial charge >= 0.3 is 0 Å². The van der Waals surface area contributed by atoms with Crippen LogP contribution in [0.3, 0.4) is 0 Å². The number of carbonyl (C=O) groups excluding carboxylic acids is 1. The first kappa shape index (κ1) is 13.5. The first-order valence-corrected chi connectivity index (χ1v) is 6.60. The Morgan fingerprint density at radius 2 is 1.88 bits per heavy atom. The third-order valence-electron chi connectivity index (χ3n) is 3.16. The first-order chi connectivity index (χ1) is 7.58. The van der Waals surface area contributed by atoms with Crippen molar-refractivity contribution in [2.75, 3.05) is 6.54 Å². The Balaban J connectivity index is 2.09. The summed E-state index contributed by atoms with van der Waals surface area (Å²) < 4.78 is 0. The highest BCUT2D eigenvalue weighted by Crippen LogP contribution is 2.17. The zero-order valence-electron chi connectivity index (χ0n) is 10.9. The molecule has 1 unspecified atom stereocenters. The summed E-state index contributed by atoms with van der Waals surface area (Å²) in [5.41, 5.74) is 0. The summed E-state index contributed by atoms with van der Waals surface area (Å²) in [5.74, 6) is 0.836. The molecule has 0 radical (unpaired) electrons. The van der Waals surface area contributed by atoms with Gasteiger partial charge in [-0.2, -0.15) is 0 Å². The van der Waals surface area contributed by atoms with E-state index >= 15 is 0 Å². The summed E-state index contributed by atoms with van der Waals surface area (Å²) >= 11 is 0. The Labute approximate surface area is 99.4 Å². The van der Waals surface area contributed by atoms with Gasteiger partial charge < -0.3 is 10.6 Å². The number of nitrogens with one attached hydrogen (secondary N) is 2. The van der Waals surface area contributed by atoms with Crippen LogP contribution in [0, 0.1) is 5.92 Å². The summed E-state index contributed by atoms with van der Waals surface area (Å²) in [6.07, 6.45) is 5.97. The topological polar surface area (TPSA) is 41.1 Å². The van der Waals surface area contributed by atoms with Crippen molar-refractivity contribution in [3.8, 4) is 0 Å². The summed E-state index contributed by atoms with van der Waals surface area (Å²) in [4.78, 5) is 11.6. The summed E-state index contributed by atoms with van der Waals surface area (Å²) in [6, 6.07) is 0.865. The average molecular weight is 226 g/mol. The third-order valence-corrected chi connectivity index (χ3v) is 3.16. The van der Waals surface area contributed by atoms with Crippen molar-refractivity contribution >= 4 is 5.91 Å². The third kappa shape index (κ3) is 5.50. The van der Waals surface area contributed by atoms with Gasteiger partial charge in [-0.1, -0.05) is 26.7 Å². The highest BCUT2D eigenvalue weighted by Gasteiger charge is 2.17. The second-order valence-electron chi connectivity index (χ2n) is 5.46. The molecule has 2 N–H and O–H groups in total. The zero-order chi connectivity index (χ0) is 12.0. The fourth-order valence-corrected chi connectivity index (χ4v) is 2.41. The molecule has 1 fully saturated rings. The molecule has 1 aliphatic rings. The van der Waals surface area contributed by atoms with Crippen LogP contribution >= 0.6 is 0 Å². The van der Waals surface area contributed by atoms with Crippen molar-refractivity contribution in [1.29, 1.82) is 0 Å². The quantitative estimate of drug-likeness (QED) is 0.728. The largest absolute Gasteiger partial charge is 0.352 e. The van der Waals surface area contributed by atoms with Crippen molar-refractivity contribution in [3.05, 3.63) is 0 Å². The molecule has 0 saturated heterocycles. The van der Waals surface area contributed by atoms with Gasteiger partial charge in [0.2, 0.25) is 5.91 Å². The average Bonchev–Trinajstić information content (AvgIpc) is 2.66. The molecule has 0 aromatic rings. The van der Waals surface area contributed by atoms with Gasteiger partial charge in [0.25, 0.3) is 0 Å². The van der Waals surface area contributed by atoms with Gasteiger partial charge in [0.15, 0.2) is 0 Å². The minimum Gasteiger partial charge on any atom is -0.352 e. The Kier molecular flexibility index (Phi) is 5.81. The molecular weight excluding hydrogens is 200 g/mol. The number of carbonyl (C=O) groups is 1. The van der Waals surface area contributed by atoms with Crippen LogP contribution in [0.25, 0.3) is 0 Å². The van der Waals surface area contributed by atoms with Crippen LogP contribution < -0.4 is 10.6 Å². The first-order valence-electron chi connectivity index (χ1n) is 6.60. The van der Waals surface area contributed by atoms with E-state index in [4.69, 9.17) is 0 Å². The predicted molar refractivity (Wildman–Crippen MR) is 67.3 cm³/mol. The molecule has 0 spiro atoms. The van der Waals surface area contributed by atoms with E-state index in [0.717, 1.165) is 19.3 Å². The van der Waals surface area contributed by atoms with Crippen LogP contribution in [0.4, 0.5) is 0 Å². The number of hydrogen-bond donors (Lipinski definition) is 2. The van der Waals surface area contributed by atoms with Crippen molar-refractivity contribution in [2.45, 2.75) is 65.0 Å². The summed E-state index contributed by atoms with van der Waals surface area (Å²) in [7, 11) is 0. The van der Waals surface area contributed by atoms with Crippen LogP contribution in [-0.2, 0) is 4.79 Å². The molecule has 0 aliphatic heterocycles. The fourth-order valence-electron chi connectivity index (χ4n) is 2.41. The lowest BCUT2D eigenvalue weighted by atomic mass is 10.1. The van der Waals surface area contributed by atoms with Crippen LogP contribution in [0.1, 0.15) is 52.9 Å². The second kappa shape index (κ2) is 6.89. The monoisotopic (exact) mass is 226 g/mol. The minimum atomic E-state index is 0.155. The molecule has 1 amide bonds. The normalized spacial score (nSPS) is 19.0. The van der Waals surface area contributed by atoms with Crippen molar-refractivity contribution in [1.82, 2.24) is 10.6 Å². The molecular formula is C13H26N2O. The van der Waals surface area contributed by atoms with Crippen molar-refractivity contribution < 1.29 is 4.79 Å².